The van der Waals surface area contributed by atoms with Gasteiger partial charge in [-0.25, -0.2) is 0 Å². The van der Waals surface area contributed by atoms with Gasteiger partial charge in [0.15, 0.2) is 0 Å². The van der Waals surface area contributed by atoms with E-state index in [9.17, 15) is 0 Å². The molecule has 3 aliphatic rings. The highest BCUT2D eigenvalue weighted by Crippen LogP contribution is 2.54. The first-order chi connectivity index (χ1) is 7.86. The molecule has 0 amide bonds. The van der Waals surface area contributed by atoms with Crippen LogP contribution in [0, 0.1) is 11.3 Å². The van der Waals surface area contributed by atoms with Crippen LogP contribution in [0.1, 0.15) is 64.2 Å². The summed E-state index contributed by atoms with van der Waals surface area (Å²) in [6.45, 7) is 4.24. The Morgan fingerprint density at radius 2 is 1.56 bits per heavy atom. The Bertz CT molecular complexity index is 220. The summed E-state index contributed by atoms with van der Waals surface area (Å²) in [5.41, 5.74) is 0.801. The number of hydrogen-bond acceptors (Lipinski definition) is 1. The molecule has 1 heteroatoms. The van der Waals surface area contributed by atoms with Crippen LogP contribution in [0.25, 0.3) is 0 Å². The zero-order valence-corrected chi connectivity index (χ0v) is 10.7. The van der Waals surface area contributed by atoms with Crippen molar-refractivity contribution < 1.29 is 0 Å². The molecule has 0 radical (unpaired) electrons. The monoisotopic (exact) mass is 221 g/mol. The molecule has 1 heterocycles. The van der Waals surface area contributed by atoms with Gasteiger partial charge in [-0.1, -0.05) is 32.1 Å². The second-order valence-corrected chi connectivity index (χ2v) is 6.69. The van der Waals surface area contributed by atoms with Gasteiger partial charge < -0.3 is 4.90 Å². The highest BCUT2D eigenvalue weighted by molar-refractivity contribution is 4.98. The van der Waals surface area contributed by atoms with Gasteiger partial charge >= 0.3 is 0 Å². The molecule has 1 nitrogen and oxygen atoms in total. The van der Waals surface area contributed by atoms with Crippen LogP contribution in [0.5, 0.6) is 0 Å². The van der Waals surface area contributed by atoms with Crippen LogP contribution >= 0.6 is 0 Å². The van der Waals surface area contributed by atoms with E-state index < -0.39 is 0 Å². The summed E-state index contributed by atoms with van der Waals surface area (Å²) in [6.07, 6.45) is 15.1. The predicted octanol–water partition coefficient (Wildman–Crippen LogP) is 3.83. The van der Waals surface area contributed by atoms with Crippen molar-refractivity contribution in [1.82, 2.24) is 4.90 Å². The minimum atomic E-state index is 0.801. The quantitative estimate of drug-likeness (QED) is 0.697. The molecule has 0 N–H and O–H groups in total. The van der Waals surface area contributed by atoms with Crippen LogP contribution in [0.4, 0.5) is 0 Å². The second-order valence-electron chi connectivity index (χ2n) is 6.69. The van der Waals surface area contributed by atoms with Gasteiger partial charge in [0.25, 0.3) is 0 Å². The van der Waals surface area contributed by atoms with E-state index in [1.807, 2.05) is 0 Å². The molecular weight excluding hydrogens is 194 g/mol. The van der Waals surface area contributed by atoms with Crippen LogP contribution in [-0.4, -0.2) is 24.5 Å². The molecule has 2 aliphatic carbocycles. The highest BCUT2D eigenvalue weighted by Gasteiger charge is 2.45. The standard InChI is InChI=1S/C15H27N/c1-2-4-11-16(10-3-1)13-15(8-9-15)12-14-6-5-7-14/h14H,1-13H2. The lowest BCUT2D eigenvalue weighted by Gasteiger charge is -2.33. The SMILES string of the molecule is C1CCCN(CC2(CC3CCC3)CC2)CC1. The van der Waals surface area contributed by atoms with Crippen molar-refractivity contribution in [3.8, 4) is 0 Å². The first-order valence-electron chi connectivity index (χ1n) is 7.59. The summed E-state index contributed by atoms with van der Waals surface area (Å²) in [5, 5.41) is 0. The smallest absolute Gasteiger partial charge is 0.00381 e. The van der Waals surface area contributed by atoms with Crippen LogP contribution in [0.2, 0.25) is 0 Å². The Morgan fingerprint density at radius 1 is 0.875 bits per heavy atom. The number of nitrogens with zero attached hydrogens (tertiary/aromatic N) is 1. The van der Waals surface area contributed by atoms with E-state index in [1.165, 1.54) is 51.7 Å². The first kappa shape index (κ1) is 11.1. The average molecular weight is 221 g/mol. The minimum absolute atomic E-state index is 0.801. The molecule has 0 bridgehead atoms. The van der Waals surface area contributed by atoms with Gasteiger partial charge in [-0.05, 0) is 56.5 Å². The maximum absolute atomic E-state index is 2.79. The summed E-state index contributed by atoms with van der Waals surface area (Å²) in [4.78, 5) is 2.79. The third-order valence-corrected chi connectivity index (χ3v) is 5.16. The topological polar surface area (TPSA) is 3.24 Å². The summed E-state index contributed by atoms with van der Waals surface area (Å²) in [5.74, 6) is 1.12. The Labute approximate surface area is 101 Å². The van der Waals surface area contributed by atoms with Gasteiger partial charge in [0.2, 0.25) is 0 Å². The molecule has 1 aliphatic heterocycles. The number of rotatable bonds is 4. The minimum Gasteiger partial charge on any atom is -0.303 e. The Balaban J connectivity index is 1.48. The maximum Gasteiger partial charge on any atom is 0.00381 e. The van der Waals surface area contributed by atoms with Crippen LogP contribution < -0.4 is 0 Å². The lowest BCUT2D eigenvalue weighted by Crippen LogP contribution is -2.33. The molecule has 2 saturated carbocycles. The largest absolute Gasteiger partial charge is 0.303 e. The molecule has 0 aromatic rings. The number of likely N-dealkylation sites (tertiary alicyclic amines) is 1. The van der Waals surface area contributed by atoms with Gasteiger partial charge in [-0.15, -0.1) is 0 Å². The maximum atomic E-state index is 2.79. The van der Waals surface area contributed by atoms with Gasteiger partial charge in [0, 0.05) is 6.54 Å². The summed E-state index contributed by atoms with van der Waals surface area (Å²) in [6, 6.07) is 0. The zero-order chi connectivity index (χ0) is 10.8. The fourth-order valence-corrected chi connectivity index (χ4v) is 3.68. The fraction of sp³-hybridized carbons (Fsp3) is 1.00. The summed E-state index contributed by atoms with van der Waals surface area (Å²) < 4.78 is 0. The van der Waals surface area contributed by atoms with Crippen molar-refractivity contribution in [3.05, 3.63) is 0 Å². The van der Waals surface area contributed by atoms with Gasteiger partial charge in [0.05, 0.1) is 0 Å². The van der Waals surface area contributed by atoms with Crippen molar-refractivity contribution in [3.63, 3.8) is 0 Å². The molecular formula is C15H27N. The van der Waals surface area contributed by atoms with E-state index in [4.69, 9.17) is 0 Å². The Hall–Kier alpha value is -0.0400. The normalized spacial score (nSPS) is 30.8. The molecule has 0 aromatic carbocycles. The molecule has 3 fully saturated rings. The van der Waals surface area contributed by atoms with E-state index in [0.717, 1.165) is 11.3 Å². The van der Waals surface area contributed by atoms with Gasteiger partial charge in [0.1, 0.15) is 0 Å². The van der Waals surface area contributed by atoms with Crippen molar-refractivity contribution in [2.24, 2.45) is 11.3 Å². The third-order valence-electron chi connectivity index (χ3n) is 5.16. The van der Waals surface area contributed by atoms with E-state index >= 15 is 0 Å². The van der Waals surface area contributed by atoms with Crippen molar-refractivity contribution in [2.75, 3.05) is 19.6 Å². The molecule has 0 unspecified atom stereocenters. The molecule has 16 heavy (non-hydrogen) atoms. The molecule has 0 atom stereocenters. The Kier molecular flexibility index (Phi) is 3.24. The lowest BCUT2D eigenvalue weighted by molar-refractivity contribution is 0.172. The van der Waals surface area contributed by atoms with E-state index in [2.05, 4.69) is 4.90 Å². The fourth-order valence-electron chi connectivity index (χ4n) is 3.68. The van der Waals surface area contributed by atoms with Crippen LogP contribution in [0.15, 0.2) is 0 Å². The third kappa shape index (κ3) is 2.61. The lowest BCUT2D eigenvalue weighted by atomic mass is 9.77. The summed E-state index contributed by atoms with van der Waals surface area (Å²) in [7, 11) is 0. The van der Waals surface area contributed by atoms with Crippen LogP contribution in [-0.2, 0) is 0 Å². The first-order valence-corrected chi connectivity index (χ1v) is 7.59. The zero-order valence-electron chi connectivity index (χ0n) is 10.7. The molecule has 1 saturated heterocycles. The predicted molar refractivity (Wildman–Crippen MR) is 68.5 cm³/mol. The molecule has 3 rings (SSSR count). The molecule has 92 valence electrons. The highest BCUT2D eigenvalue weighted by atomic mass is 15.1. The Morgan fingerprint density at radius 3 is 2.06 bits per heavy atom. The van der Waals surface area contributed by atoms with Crippen molar-refractivity contribution in [1.29, 1.82) is 0 Å². The van der Waals surface area contributed by atoms with E-state index in [0.29, 0.717) is 0 Å². The number of hydrogen-bond donors (Lipinski definition) is 0. The second kappa shape index (κ2) is 4.68. The van der Waals surface area contributed by atoms with E-state index in [1.54, 1.807) is 32.1 Å². The van der Waals surface area contributed by atoms with E-state index in [-0.39, 0.29) is 0 Å². The average Bonchev–Trinajstić information content (AvgIpc) is 2.99. The van der Waals surface area contributed by atoms with Gasteiger partial charge in [-0.3, -0.25) is 0 Å². The van der Waals surface area contributed by atoms with Crippen LogP contribution in [0.3, 0.4) is 0 Å². The summed E-state index contributed by atoms with van der Waals surface area (Å²) >= 11 is 0. The molecule has 0 aromatic heterocycles. The van der Waals surface area contributed by atoms with Crippen molar-refractivity contribution >= 4 is 0 Å². The molecule has 0 spiro atoms. The van der Waals surface area contributed by atoms with Crippen molar-refractivity contribution in [2.45, 2.75) is 64.2 Å². The van der Waals surface area contributed by atoms with Gasteiger partial charge in [-0.2, -0.15) is 0 Å².